The molecule has 17 nitrogen and oxygen atoms in total. The van der Waals surface area contributed by atoms with Crippen molar-refractivity contribution in [3.8, 4) is 0 Å². The number of nitrogens with zero attached hydrogens (tertiary/aromatic N) is 5. The monoisotopic (exact) mass is 445 g/mol. The van der Waals surface area contributed by atoms with Crippen molar-refractivity contribution in [1.29, 1.82) is 0 Å². The highest BCUT2D eigenvalue weighted by atomic mass is 31.3. The second-order valence-corrected chi connectivity index (χ2v) is 8.05. The van der Waals surface area contributed by atoms with E-state index in [2.05, 4.69) is 19.0 Å². The fourth-order valence-electron chi connectivity index (χ4n) is 2.22. The molecule has 0 saturated carbocycles. The maximum Gasteiger partial charge on any atom is 0.481 e. The lowest BCUT2D eigenvalue weighted by atomic mass is 10.1. The largest absolute Gasteiger partial charge is 0.481 e. The number of aromatic nitrogens is 2. The average Bonchev–Trinajstić information content (AvgIpc) is 2.83. The van der Waals surface area contributed by atoms with Crippen LogP contribution >= 0.6 is 15.6 Å². The number of azide groups is 1. The van der Waals surface area contributed by atoms with E-state index in [0.717, 1.165) is 12.3 Å². The van der Waals surface area contributed by atoms with Gasteiger partial charge in [-0.15, -0.1) is 5.53 Å². The summed E-state index contributed by atoms with van der Waals surface area (Å²) in [7, 11) is -10.6. The van der Waals surface area contributed by atoms with Gasteiger partial charge < -0.3 is 29.6 Å². The Labute approximate surface area is 153 Å². The number of aliphatic hydroxyl groups excluding tert-OH is 2. The molecule has 0 amide bonds. The molecular weight excluding hydrogens is 432 g/mol. The van der Waals surface area contributed by atoms with Crippen molar-refractivity contribution >= 4 is 15.6 Å². The third-order valence-electron chi connectivity index (χ3n) is 3.34. The van der Waals surface area contributed by atoms with Crippen molar-refractivity contribution in [1.82, 2.24) is 9.24 Å². The molecule has 1 aromatic heterocycles. The van der Waals surface area contributed by atoms with E-state index >= 15 is 0 Å². The third-order valence-corrected chi connectivity index (χ3v) is 5.49. The van der Waals surface area contributed by atoms with Crippen LogP contribution in [0, 0.1) is 0 Å². The molecule has 5 N–H and O–H groups in total. The minimum atomic E-state index is -5.37. The first kappa shape index (κ1) is 22.4. The molecule has 2 heterocycles. The van der Waals surface area contributed by atoms with Gasteiger partial charge in [-0.25, -0.2) is 18.7 Å². The molecule has 1 unspecified atom stereocenters. The van der Waals surface area contributed by atoms with Crippen LogP contribution in [0.4, 0.5) is 0 Å². The second kappa shape index (κ2) is 8.24. The van der Waals surface area contributed by atoms with Crippen molar-refractivity contribution in [3.63, 3.8) is 0 Å². The quantitative estimate of drug-likeness (QED) is 0.131. The van der Waals surface area contributed by atoms with E-state index in [1.54, 1.807) is 0 Å². The Morgan fingerprint density at radius 3 is 2.46 bits per heavy atom. The van der Waals surface area contributed by atoms with Gasteiger partial charge in [0.25, 0.3) is 0 Å². The lowest BCUT2D eigenvalue weighted by Crippen LogP contribution is -2.41. The van der Waals surface area contributed by atoms with Gasteiger partial charge in [0.1, 0.15) is 18.3 Å². The Kier molecular flexibility index (Phi) is 6.60. The van der Waals surface area contributed by atoms with Crippen molar-refractivity contribution in [2.75, 3.05) is 6.61 Å². The summed E-state index contributed by atoms with van der Waals surface area (Å²) in [6, 6.07) is 0.804. The summed E-state index contributed by atoms with van der Waals surface area (Å²) in [4.78, 5) is 52.2. The van der Waals surface area contributed by atoms with E-state index in [0.29, 0.717) is 4.57 Å². The van der Waals surface area contributed by atoms with E-state index in [-0.39, 0.29) is 4.68 Å². The summed E-state index contributed by atoms with van der Waals surface area (Å²) in [6.07, 6.45) is -5.88. The van der Waals surface area contributed by atoms with Gasteiger partial charge >= 0.3 is 26.9 Å². The second-order valence-electron chi connectivity index (χ2n) is 5.22. The number of phosphoric ester groups is 1. The molecule has 0 radical (unpaired) electrons. The summed E-state index contributed by atoms with van der Waals surface area (Å²) in [5.74, 6) is 0. The Morgan fingerprint density at radius 1 is 1.25 bits per heavy atom. The third kappa shape index (κ3) is 5.14. The zero-order valence-corrected chi connectivity index (χ0v) is 15.2. The summed E-state index contributed by atoms with van der Waals surface area (Å²) in [6.45, 7) is -0.979. The molecule has 5 atom stereocenters. The van der Waals surface area contributed by atoms with Crippen LogP contribution < -0.4 is 11.2 Å². The first-order valence-electron chi connectivity index (χ1n) is 7.02. The number of aliphatic hydroxyl groups is 2. The van der Waals surface area contributed by atoms with Crippen molar-refractivity contribution < 1.29 is 47.6 Å². The molecule has 0 bridgehead atoms. The van der Waals surface area contributed by atoms with E-state index in [9.17, 15) is 33.8 Å². The topological polar surface area (TPSA) is 256 Å². The van der Waals surface area contributed by atoms with Crippen molar-refractivity contribution in [2.24, 2.45) is 5.22 Å². The van der Waals surface area contributed by atoms with E-state index < -0.39 is 58.0 Å². The number of hydrogen-bond acceptors (Lipinski definition) is 10. The van der Waals surface area contributed by atoms with Gasteiger partial charge in [0.05, 0.1) is 6.61 Å². The summed E-state index contributed by atoms with van der Waals surface area (Å²) in [5.41, 5.74) is 6.18. The van der Waals surface area contributed by atoms with Crippen molar-refractivity contribution in [3.05, 3.63) is 43.5 Å². The maximum absolute atomic E-state index is 12.2. The summed E-state index contributed by atoms with van der Waals surface area (Å²) in [5, 5.41) is 22.9. The standard InChI is InChI=1S/C9H13N5O12P2/c10-11-12-14-5(15)1-2-13(9(14)18)8-7(17)6(16)4(25-8)3-24-28(22,23)26-27(19,20)21/h1-2,4,6-8,16-17H,3H2,(H,22,23)(H2,19,20,21)/t4-,6-,7-,8-/m1/s1. The summed E-state index contributed by atoms with van der Waals surface area (Å²) >= 11 is 0. The molecule has 1 aromatic rings. The maximum atomic E-state index is 12.2. The van der Waals surface area contributed by atoms with Crippen LogP contribution in [0.15, 0.2) is 27.1 Å². The molecule has 28 heavy (non-hydrogen) atoms. The molecule has 2 rings (SSSR count). The predicted octanol–water partition coefficient (Wildman–Crippen LogP) is -2.07. The zero-order chi connectivity index (χ0) is 21.3. The smallest absolute Gasteiger partial charge is 0.387 e. The van der Waals surface area contributed by atoms with E-state index in [1.165, 1.54) is 0 Å². The molecular formula is C9H13N5O12P2. The van der Waals surface area contributed by atoms with Crippen LogP contribution in [0.5, 0.6) is 0 Å². The van der Waals surface area contributed by atoms with Crippen LogP contribution in [0.2, 0.25) is 0 Å². The van der Waals surface area contributed by atoms with Gasteiger partial charge in [-0.3, -0.25) is 9.09 Å². The molecule has 1 aliphatic rings. The minimum Gasteiger partial charge on any atom is -0.387 e. The van der Waals surface area contributed by atoms with Crippen LogP contribution in [-0.2, 0) is 22.7 Å². The number of rotatable bonds is 7. The van der Waals surface area contributed by atoms with Gasteiger partial charge in [0.2, 0.25) is 0 Å². The lowest BCUT2D eigenvalue weighted by molar-refractivity contribution is -0.0547. The molecule has 1 aliphatic heterocycles. The van der Waals surface area contributed by atoms with Crippen LogP contribution in [0.25, 0.3) is 10.4 Å². The fraction of sp³-hybridized carbons (Fsp3) is 0.556. The van der Waals surface area contributed by atoms with E-state index in [4.69, 9.17) is 20.1 Å². The van der Waals surface area contributed by atoms with Crippen molar-refractivity contribution in [2.45, 2.75) is 24.5 Å². The average molecular weight is 445 g/mol. The Hall–Kier alpha value is -1.87. The number of hydrogen-bond donors (Lipinski definition) is 5. The lowest BCUT2D eigenvalue weighted by Gasteiger charge is -2.17. The number of ether oxygens (including phenoxy) is 1. The van der Waals surface area contributed by atoms with Crippen LogP contribution in [0.1, 0.15) is 6.23 Å². The van der Waals surface area contributed by atoms with Crippen LogP contribution in [0.3, 0.4) is 0 Å². The molecule has 0 aliphatic carbocycles. The van der Waals surface area contributed by atoms with Gasteiger partial charge in [-0.05, 0) is 5.22 Å². The Morgan fingerprint density at radius 2 is 1.89 bits per heavy atom. The Bertz CT molecular complexity index is 994. The summed E-state index contributed by atoms with van der Waals surface area (Å²) < 4.78 is 35.7. The predicted molar refractivity (Wildman–Crippen MR) is 84.3 cm³/mol. The Balaban J connectivity index is 2.22. The molecule has 1 fully saturated rings. The first-order valence-corrected chi connectivity index (χ1v) is 10.0. The molecule has 0 spiro atoms. The highest BCUT2D eigenvalue weighted by Gasteiger charge is 2.46. The molecule has 0 aromatic carbocycles. The van der Waals surface area contributed by atoms with Gasteiger partial charge in [-0.2, -0.15) is 9.22 Å². The minimum absolute atomic E-state index is 0.113. The SMILES string of the molecule is [N-]=[N+]=Nn1c(=O)ccn([C@@H]2O[C@H](COP(=O)(O)OP(=O)(O)O)[C@@H](O)[C@H]2O)c1=O. The molecule has 1 saturated heterocycles. The van der Waals surface area contributed by atoms with Crippen LogP contribution in [-0.4, -0.2) is 59.1 Å². The fourth-order valence-corrected chi connectivity index (χ4v) is 3.82. The number of phosphoric acid groups is 2. The van der Waals surface area contributed by atoms with Gasteiger partial charge in [-0.1, -0.05) is 4.68 Å². The van der Waals surface area contributed by atoms with Gasteiger partial charge in [0.15, 0.2) is 6.23 Å². The zero-order valence-electron chi connectivity index (χ0n) is 13.4. The van der Waals surface area contributed by atoms with Gasteiger partial charge in [0, 0.05) is 12.3 Å². The normalized spacial score (nSPS) is 27.2. The molecule has 19 heteroatoms. The highest BCUT2D eigenvalue weighted by molar-refractivity contribution is 7.60. The van der Waals surface area contributed by atoms with E-state index in [1.807, 2.05) is 0 Å². The highest BCUT2D eigenvalue weighted by Crippen LogP contribution is 2.57. The molecule has 156 valence electrons. The first-order chi connectivity index (χ1) is 12.9.